The van der Waals surface area contributed by atoms with Crippen LogP contribution in [0.25, 0.3) is 0 Å². The van der Waals surface area contributed by atoms with Crippen molar-refractivity contribution in [2.45, 2.75) is 0 Å². The Bertz CT molecular complexity index is 458. The molecule has 0 aromatic heterocycles. The van der Waals surface area contributed by atoms with E-state index in [4.69, 9.17) is 11.6 Å². The molecule has 0 bridgehead atoms. The number of carbonyl (C=O) groups excluding carboxylic acids is 1. The summed E-state index contributed by atoms with van der Waals surface area (Å²) in [6.07, 6.45) is 0. The van der Waals surface area contributed by atoms with E-state index in [1.165, 1.54) is 7.05 Å². The van der Waals surface area contributed by atoms with Crippen LogP contribution in [-0.2, 0) is 0 Å². The van der Waals surface area contributed by atoms with E-state index in [1.807, 2.05) is 0 Å². The van der Waals surface area contributed by atoms with Gasteiger partial charge in [-0.1, -0.05) is 12.1 Å². The maximum Gasteiger partial charge on any atom is 0.363 e. The van der Waals surface area contributed by atoms with Gasteiger partial charge >= 0.3 is 8.10 Å². The average Bonchev–Trinajstić information content (AvgIpc) is 2.32. The van der Waals surface area contributed by atoms with Crippen LogP contribution in [0.1, 0.15) is 10.4 Å². The minimum atomic E-state index is -4.36. The van der Waals surface area contributed by atoms with Crippen LogP contribution < -0.4 is 9.56 Å². The summed E-state index contributed by atoms with van der Waals surface area (Å²) in [6, 6.07) is 6.49. The van der Waals surface area contributed by atoms with Crippen LogP contribution in [-0.4, -0.2) is 30.1 Å². The molecule has 1 aromatic carbocycles. The van der Waals surface area contributed by atoms with Gasteiger partial charge in [-0.15, -0.1) is 11.6 Å². The Morgan fingerprint density at radius 3 is 2.76 bits per heavy atom. The maximum atomic E-state index is 14.2. The van der Waals surface area contributed by atoms with E-state index in [0.717, 1.165) is 4.67 Å². The van der Waals surface area contributed by atoms with E-state index in [0.29, 0.717) is 15.9 Å². The molecule has 0 N–H and O–H groups in total. The molecule has 7 heteroatoms. The first-order chi connectivity index (χ1) is 8.00. The van der Waals surface area contributed by atoms with Gasteiger partial charge in [-0.2, -0.15) is 4.67 Å². The summed E-state index contributed by atoms with van der Waals surface area (Å²) in [5, 5.41) is 0. The van der Waals surface area contributed by atoms with Gasteiger partial charge in [-0.3, -0.25) is 4.79 Å². The highest BCUT2D eigenvalue weighted by Gasteiger charge is 2.50. The van der Waals surface area contributed by atoms with Crippen LogP contribution in [0.4, 0.5) is 9.88 Å². The Labute approximate surface area is 104 Å². The van der Waals surface area contributed by atoms with Crippen molar-refractivity contribution in [3.05, 3.63) is 29.8 Å². The zero-order valence-corrected chi connectivity index (χ0v) is 10.8. The number of halogens is 2. The number of benzene rings is 1. The molecule has 0 saturated heterocycles. The lowest BCUT2D eigenvalue weighted by molar-refractivity contribution is -0.192. The molecule has 1 aromatic rings. The summed E-state index contributed by atoms with van der Waals surface area (Å²) in [4.78, 5) is 24.0. The van der Waals surface area contributed by atoms with Gasteiger partial charge in [0.2, 0.25) is 0 Å². The summed E-state index contributed by atoms with van der Waals surface area (Å²) < 4.78 is 15.9. The van der Waals surface area contributed by atoms with Crippen LogP contribution >= 0.6 is 19.7 Å². The highest BCUT2D eigenvalue weighted by molar-refractivity contribution is 7.64. The van der Waals surface area contributed by atoms with Crippen LogP contribution in [0, 0.1) is 0 Å². The summed E-state index contributed by atoms with van der Waals surface area (Å²) in [5.74, 6) is -0.541. The van der Waals surface area contributed by atoms with Crippen molar-refractivity contribution in [3.63, 3.8) is 0 Å². The summed E-state index contributed by atoms with van der Waals surface area (Å²) in [5.41, 5.74) is 0.679. The van der Waals surface area contributed by atoms with Crippen molar-refractivity contribution in [1.29, 1.82) is 0 Å². The van der Waals surface area contributed by atoms with E-state index >= 15 is 0 Å². The first-order valence-electron chi connectivity index (χ1n) is 5.01. The number of hydrogen-bond acceptors (Lipinski definition) is 3. The van der Waals surface area contributed by atoms with Crippen molar-refractivity contribution < 1.29 is 13.9 Å². The molecule has 1 heterocycles. The molecule has 92 valence electrons. The van der Waals surface area contributed by atoms with Gasteiger partial charge in [0.1, 0.15) is 0 Å². The van der Waals surface area contributed by atoms with Gasteiger partial charge in [0, 0.05) is 12.9 Å². The number of rotatable bonds is 2. The normalized spacial score (nSPS) is 23.9. The largest absolute Gasteiger partial charge is 0.613 e. The molecular formula is C10H11ClFN2O2P. The minimum Gasteiger partial charge on any atom is -0.613 e. The molecule has 1 amide bonds. The zero-order chi connectivity index (χ0) is 12.6. The predicted molar refractivity (Wildman–Crippen MR) is 64.6 cm³/mol. The van der Waals surface area contributed by atoms with Crippen LogP contribution in [0.3, 0.4) is 0 Å². The molecule has 4 nitrogen and oxygen atoms in total. The molecule has 0 spiro atoms. The Hall–Kier alpha value is -0.900. The number of hydrogen-bond donors (Lipinski definition) is 0. The van der Waals surface area contributed by atoms with Gasteiger partial charge in [-0.05, 0) is 16.3 Å². The van der Waals surface area contributed by atoms with Gasteiger partial charge < -0.3 is 4.89 Å². The Morgan fingerprint density at radius 2 is 2.12 bits per heavy atom. The van der Waals surface area contributed by atoms with Crippen LogP contribution in [0.5, 0.6) is 0 Å². The molecule has 1 atom stereocenters. The smallest absolute Gasteiger partial charge is 0.363 e. The molecule has 1 aliphatic heterocycles. The third-order valence-corrected chi connectivity index (χ3v) is 4.78. The van der Waals surface area contributed by atoms with Crippen molar-refractivity contribution in [3.8, 4) is 0 Å². The lowest BCUT2D eigenvalue weighted by Gasteiger charge is -2.40. The summed E-state index contributed by atoms with van der Waals surface area (Å²) in [6.45, 7) is -0.0765. The second kappa shape index (κ2) is 4.41. The Balaban J connectivity index is 2.53. The number of carbonyl (C=O) groups is 1. The maximum absolute atomic E-state index is 14.2. The molecule has 0 fully saturated rings. The molecular weight excluding hydrogens is 266 g/mol. The first kappa shape index (κ1) is 12.6. The van der Waals surface area contributed by atoms with E-state index < -0.39 is 14.0 Å². The number of alkyl halides is 1. The molecule has 1 aliphatic rings. The number of anilines is 1. The highest BCUT2D eigenvalue weighted by atomic mass is 35.5. The van der Waals surface area contributed by atoms with Gasteiger partial charge in [-0.25, -0.2) is 4.67 Å². The SMILES string of the molecule is CN1c2ccccc2C(=O)N(CCCl)[P+]1([O-])F. The molecule has 17 heavy (non-hydrogen) atoms. The van der Waals surface area contributed by atoms with Crippen molar-refractivity contribution in [2.75, 3.05) is 24.1 Å². The molecule has 2 rings (SSSR count). The van der Waals surface area contributed by atoms with E-state index in [2.05, 4.69) is 0 Å². The van der Waals surface area contributed by atoms with Crippen LogP contribution in [0.15, 0.2) is 24.3 Å². The fourth-order valence-electron chi connectivity index (χ4n) is 1.79. The van der Waals surface area contributed by atoms with Gasteiger partial charge in [0.15, 0.2) is 0 Å². The minimum absolute atomic E-state index is 0.0374. The molecule has 0 radical (unpaired) electrons. The zero-order valence-electron chi connectivity index (χ0n) is 9.14. The monoisotopic (exact) mass is 276 g/mol. The predicted octanol–water partition coefficient (Wildman–Crippen LogP) is 1.82. The second-order valence-corrected chi connectivity index (χ2v) is 6.04. The Kier molecular flexibility index (Phi) is 3.25. The fraction of sp³-hybridized carbons (Fsp3) is 0.300. The number of amides is 1. The van der Waals surface area contributed by atoms with Crippen molar-refractivity contribution in [2.24, 2.45) is 0 Å². The Morgan fingerprint density at radius 1 is 1.47 bits per heavy atom. The summed E-state index contributed by atoms with van der Waals surface area (Å²) >= 11 is 5.50. The lowest BCUT2D eigenvalue weighted by atomic mass is 10.1. The number of para-hydroxylation sites is 1. The second-order valence-electron chi connectivity index (χ2n) is 3.63. The number of fused-ring (bicyclic) bond motifs is 1. The highest BCUT2D eigenvalue weighted by Crippen LogP contribution is 2.63. The summed E-state index contributed by atoms with van der Waals surface area (Å²) in [7, 11) is -2.99. The molecule has 0 saturated carbocycles. The van der Waals surface area contributed by atoms with Crippen molar-refractivity contribution in [1.82, 2.24) is 4.67 Å². The quantitative estimate of drug-likeness (QED) is 0.611. The lowest BCUT2D eigenvalue weighted by Crippen LogP contribution is -2.46. The standard InChI is InChI=1S/C10H11ClFN2O2P/c1-13-9-5-3-2-4-8(9)10(15)14(7-6-11)17(13,12)16/h2-5H,6-7H2,1H3. The van der Waals surface area contributed by atoms with Gasteiger partial charge in [0.05, 0.1) is 17.8 Å². The third-order valence-electron chi connectivity index (χ3n) is 2.68. The first-order valence-corrected chi connectivity index (χ1v) is 7.05. The van der Waals surface area contributed by atoms with E-state index in [1.54, 1.807) is 24.3 Å². The van der Waals surface area contributed by atoms with Crippen LogP contribution in [0.2, 0.25) is 0 Å². The van der Waals surface area contributed by atoms with E-state index in [-0.39, 0.29) is 12.4 Å². The molecule has 0 aliphatic carbocycles. The van der Waals surface area contributed by atoms with Gasteiger partial charge in [0.25, 0.3) is 5.91 Å². The average molecular weight is 277 g/mol. The van der Waals surface area contributed by atoms with E-state index in [9.17, 15) is 13.9 Å². The fourth-order valence-corrected chi connectivity index (χ4v) is 3.52. The molecule has 1 unspecified atom stereocenters. The third kappa shape index (κ3) is 1.88. The number of nitrogens with zero attached hydrogens (tertiary/aromatic N) is 2. The van der Waals surface area contributed by atoms with Crippen molar-refractivity contribution >= 4 is 31.3 Å². The topological polar surface area (TPSA) is 46.6 Å².